The molecule has 0 bridgehead atoms. The average Bonchev–Trinajstić information content (AvgIpc) is 2.59. The van der Waals surface area contributed by atoms with E-state index in [0.29, 0.717) is 19.1 Å². The number of hydrogen-bond donors (Lipinski definition) is 1. The van der Waals surface area contributed by atoms with Crippen molar-refractivity contribution in [2.45, 2.75) is 18.4 Å². The monoisotopic (exact) mass is 349 g/mol. The number of nitrogens with one attached hydrogen (secondary N) is 1. The lowest BCUT2D eigenvalue weighted by Gasteiger charge is -2.53. The fourth-order valence-electron chi connectivity index (χ4n) is 3.33. The maximum absolute atomic E-state index is 11.5. The summed E-state index contributed by atoms with van der Waals surface area (Å²) in [7, 11) is 5.47. The van der Waals surface area contributed by atoms with Crippen LogP contribution in [0.2, 0.25) is 0 Å². The van der Waals surface area contributed by atoms with Crippen LogP contribution in [0.5, 0.6) is 0 Å². The van der Waals surface area contributed by atoms with Crippen molar-refractivity contribution in [1.82, 2.24) is 15.3 Å². The number of carbonyl (C=O) groups is 1. The van der Waals surface area contributed by atoms with Crippen molar-refractivity contribution in [3.63, 3.8) is 0 Å². The van der Waals surface area contributed by atoms with Crippen LogP contribution in [0.25, 0.3) is 0 Å². The third-order valence-corrected chi connectivity index (χ3v) is 4.88. The minimum Gasteiger partial charge on any atom is -0.375 e. The van der Waals surface area contributed by atoms with E-state index >= 15 is 0 Å². The van der Waals surface area contributed by atoms with Crippen molar-refractivity contribution in [1.29, 1.82) is 0 Å². The first-order chi connectivity index (χ1) is 12.0. The molecule has 8 nitrogen and oxygen atoms in total. The number of nitrogens with zero attached hydrogens (tertiary/aromatic N) is 4. The Labute approximate surface area is 148 Å². The number of aromatic nitrogens is 2. The Morgan fingerprint density at radius 1 is 1.48 bits per heavy atom. The molecule has 0 radical (unpaired) electrons. The number of carbonyl (C=O) groups excluding carboxylic acids is 1. The van der Waals surface area contributed by atoms with Gasteiger partial charge in [0.1, 0.15) is 30.2 Å². The molecule has 1 aromatic rings. The molecule has 2 aliphatic heterocycles. The van der Waals surface area contributed by atoms with Crippen molar-refractivity contribution in [2.24, 2.45) is 5.92 Å². The summed E-state index contributed by atoms with van der Waals surface area (Å²) in [4.78, 5) is 24.3. The first-order valence-corrected chi connectivity index (χ1v) is 8.65. The molecular weight excluding hydrogens is 322 g/mol. The van der Waals surface area contributed by atoms with Gasteiger partial charge in [0.2, 0.25) is 5.91 Å². The molecule has 0 aliphatic carbocycles. The zero-order valence-electron chi connectivity index (χ0n) is 15.2. The average molecular weight is 349 g/mol. The number of ether oxygens (including phenoxy) is 2. The highest BCUT2D eigenvalue weighted by Crippen LogP contribution is 2.38. The van der Waals surface area contributed by atoms with Crippen LogP contribution in [-0.2, 0) is 14.3 Å². The zero-order chi connectivity index (χ0) is 17.9. The van der Waals surface area contributed by atoms with Gasteiger partial charge >= 0.3 is 0 Å². The maximum Gasteiger partial charge on any atom is 0.245 e. The van der Waals surface area contributed by atoms with Gasteiger partial charge in [-0.05, 0) is 18.8 Å². The third kappa shape index (κ3) is 4.19. The van der Waals surface area contributed by atoms with Gasteiger partial charge in [0.25, 0.3) is 0 Å². The van der Waals surface area contributed by atoms with Gasteiger partial charge < -0.3 is 24.6 Å². The lowest BCUT2D eigenvalue weighted by Crippen LogP contribution is -2.65. The summed E-state index contributed by atoms with van der Waals surface area (Å²) in [6, 6.07) is 2.00. The molecule has 0 aromatic carbocycles. The molecule has 0 unspecified atom stereocenters. The minimum absolute atomic E-state index is 0.0593. The van der Waals surface area contributed by atoms with Gasteiger partial charge in [-0.1, -0.05) is 0 Å². The molecular formula is C17H27N5O3. The van der Waals surface area contributed by atoms with E-state index in [2.05, 4.69) is 20.2 Å². The molecule has 1 atom stereocenters. The lowest BCUT2D eigenvalue weighted by molar-refractivity contribution is -0.127. The van der Waals surface area contributed by atoms with Crippen LogP contribution >= 0.6 is 0 Å². The van der Waals surface area contributed by atoms with Crippen LogP contribution < -0.4 is 15.1 Å². The predicted octanol–water partition coefficient (Wildman–Crippen LogP) is 0.291. The number of rotatable bonds is 6. The summed E-state index contributed by atoms with van der Waals surface area (Å²) in [5.74, 6) is 2.15. The molecule has 138 valence electrons. The van der Waals surface area contributed by atoms with E-state index in [-0.39, 0.29) is 18.1 Å². The summed E-state index contributed by atoms with van der Waals surface area (Å²) in [5, 5.41) is 2.89. The Kier molecular flexibility index (Phi) is 5.39. The smallest absolute Gasteiger partial charge is 0.245 e. The van der Waals surface area contributed by atoms with Gasteiger partial charge in [-0.2, -0.15) is 0 Å². The van der Waals surface area contributed by atoms with Gasteiger partial charge in [0.05, 0.1) is 19.7 Å². The fraction of sp³-hybridized carbons (Fsp3) is 0.706. The van der Waals surface area contributed by atoms with E-state index < -0.39 is 0 Å². The SMILES string of the molecule is COCC(=O)NC[C@H]1CCC2(CN(c3cc(N(C)C)ncn3)C2)OC1. The lowest BCUT2D eigenvalue weighted by atomic mass is 9.83. The summed E-state index contributed by atoms with van der Waals surface area (Å²) in [6.07, 6.45) is 3.68. The van der Waals surface area contributed by atoms with Crippen LogP contribution in [0, 0.1) is 5.92 Å². The van der Waals surface area contributed by atoms with E-state index in [9.17, 15) is 4.79 Å². The Bertz CT molecular complexity index is 594. The third-order valence-electron chi connectivity index (χ3n) is 4.88. The van der Waals surface area contributed by atoms with E-state index in [4.69, 9.17) is 9.47 Å². The Hall–Kier alpha value is -1.93. The topological polar surface area (TPSA) is 79.8 Å². The van der Waals surface area contributed by atoms with Crippen molar-refractivity contribution in [3.8, 4) is 0 Å². The largest absolute Gasteiger partial charge is 0.375 e. The van der Waals surface area contributed by atoms with Crippen molar-refractivity contribution < 1.29 is 14.3 Å². The van der Waals surface area contributed by atoms with E-state index in [0.717, 1.165) is 37.6 Å². The van der Waals surface area contributed by atoms with Crippen LogP contribution in [0.15, 0.2) is 12.4 Å². The second-order valence-electron chi connectivity index (χ2n) is 7.12. The molecule has 25 heavy (non-hydrogen) atoms. The minimum atomic E-state index is -0.0712. The molecule has 0 saturated carbocycles. The molecule has 1 spiro atoms. The fourth-order valence-corrected chi connectivity index (χ4v) is 3.33. The normalized spacial score (nSPS) is 21.7. The highest BCUT2D eigenvalue weighted by Gasteiger charge is 2.47. The number of amides is 1. The van der Waals surface area contributed by atoms with E-state index in [1.807, 2.05) is 25.1 Å². The standard InChI is InChI=1S/C17H27N5O3/c1-21(2)14-6-15(20-12-19-14)22-10-17(11-22)5-4-13(8-25-17)7-18-16(23)9-24-3/h6,12-13H,4-5,7-11H2,1-3H3,(H,18,23)/t13-/m1/s1. The Morgan fingerprint density at radius 3 is 2.92 bits per heavy atom. The molecule has 2 aliphatic rings. The van der Waals surface area contributed by atoms with Crippen LogP contribution in [0.3, 0.4) is 0 Å². The second-order valence-corrected chi connectivity index (χ2v) is 7.12. The molecule has 1 N–H and O–H groups in total. The molecule has 1 amide bonds. The van der Waals surface area contributed by atoms with Crippen LogP contribution in [-0.4, -0.2) is 75.5 Å². The van der Waals surface area contributed by atoms with Gasteiger partial charge in [-0.25, -0.2) is 9.97 Å². The summed E-state index contributed by atoms with van der Waals surface area (Å²) in [5.41, 5.74) is -0.0593. The van der Waals surface area contributed by atoms with E-state index in [1.54, 1.807) is 6.33 Å². The van der Waals surface area contributed by atoms with Crippen molar-refractivity contribution in [2.75, 3.05) is 63.9 Å². The van der Waals surface area contributed by atoms with Crippen LogP contribution in [0.4, 0.5) is 11.6 Å². The number of anilines is 2. The van der Waals surface area contributed by atoms with Crippen molar-refractivity contribution in [3.05, 3.63) is 12.4 Å². The molecule has 1 aromatic heterocycles. The Morgan fingerprint density at radius 2 is 2.28 bits per heavy atom. The molecule has 8 heteroatoms. The quantitative estimate of drug-likeness (QED) is 0.791. The van der Waals surface area contributed by atoms with Gasteiger partial charge in [0.15, 0.2) is 0 Å². The molecule has 2 saturated heterocycles. The molecule has 2 fully saturated rings. The van der Waals surface area contributed by atoms with Gasteiger partial charge in [0, 0.05) is 33.8 Å². The first kappa shape index (κ1) is 17.9. The number of methoxy groups -OCH3 is 1. The Balaban J connectivity index is 1.45. The zero-order valence-corrected chi connectivity index (χ0v) is 15.2. The van der Waals surface area contributed by atoms with Gasteiger partial charge in [-0.3, -0.25) is 4.79 Å². The summed E-state index contributed by atoms with van der Waals surface area (Å²) in [6.45, 7) is 3.17. The van der Waals surface area contributed by atoms with Crippen molar-refractivity contribution >= 4 is 17.5 Å². The van der Waals surface area contributed by atoms with Crippen LogP contribution in [0.1, 0.15) is 12.8 Å². The number of hydrogen-bond acceptors (Lipinski definition) is 7. The summed E-state index contributed by atoms with van der Waals surface area (Å²) >= 11 is 0. The highest BCUT2D eigenvalue weighted by molar-refractivity contribution is 5.77. The molecule has 3 heterocycles. The second kappa shape index (κ2) is 7.53. The maximum atomic E-state index is 11.5. The molecule has 3 rings (SSSR count). The first-order valence-electron chi connectivity index (χ1n) is 8.65. The predicted molar refractivity (Wildman–Crippen MR) is 94.9 cm³/mol. The van der Waals surface area contributed by atoms with Gasteiger partial charge in [-0.15, -0.1) is 0 Å². The van der Waals surface area contributed by atoms with E-state index in [1.165, 1.54) is 7.11 Å². The highest BCUT2D eigenvalue weighted by atomic mass is 16.5. The summed E-state index contributed by atoms with van der Waals surface area (Å²) < 4.78 is 11.0.